The summed E-state index contributed by atoms with van der Waals surface area (Å²) in [5.74, 6) is 0. The quantitative estimate of drug-likeness (QED) is 0.583. The Hall–Kier alpha value is -1.62. The van der Waals surface area contributed by atoms with Gasteiger partial charge in [-0.3, -0.25) is 15.0 Å². The standard InChI is InChI=1S/C15H25N3O2/c1-5-12(4)17(7-3)11-13-8-9-14(16-6-2)15(10-13)18(19)20/h8-10,12,16H,5-7,11H2,1-4H3. The summed E-state index contributed by atoms with van der Waals surface area (Å²) in [6.45, 7) is 10.8. The van der Waals surface area contributed by atoms with Crippen molar-refractivity contribution >= 4 is 11.4 Å². The van der Waals surface area contributed by atoms with Crippen LogP contribution in [0.25, 0.3) is 0 Å². The van der Waals surface area contributed by atoms with Gasteiger partial charge in [-0.2, -0.15) is 0 Å². The number of rotatable bonds is 8. The summed E-state index contributed by atoms with van der Waals surface area (Å²) in [7, 11) is 0. The van der Waals surface area contributed by atoms with E-state index in [0.29, 0.717) is 18.3 Å². The molecule has 0 aromatic heterocycles. The van der Waals surface area contributed by atoms with Crippen LogP contribution in [0.15, 0.2) is 18.2 Å². The van der Waals surface area contributed by atoms with E-state index in [1.165, 1.54) is 0 Å². The van der Waals surface area contributed by atoms with E-state index in [9.17, 15) is 10.1 Å². The monoisotopic (exact) mass is 279 g/mol. The van der Waals surface area contributed by atoms with Gasteiger partial charge in [-0.25, -0.2) is 0 Å². The molecule has 1 aromatic carbocycles. The van der Waals surface area contributed by atoms with Crippen molar-refractivity contribution in [2.75, 3.05) is 18.4 Å². The first-order valence-corrected chi connectivity index (χ1v) is 7.28. The summed E-state index contributed by atoms with van der Waals surface area (Å²) in [4.78, 5) is 13.2. The second-order valence-electron chi connectivity index (χ2n) is 4.96. The maximum Gasteiger partial charge on any atom is 0.292 e. The average Bonchev–Trinajstić information content (AvgIpc) is 2.45. The molecule has 5 heteroatoms. The Morgan fingerprint density at radius 1 is 1.35 bits per heavy atom. The molecule has 20 heavy (non-hydrogen) atoms. The van der Waals surface area contributed by atoms with E-state index in [-0.39, 0.29) is 10.6 Å². The first kappa shape index (κ1) is 16.4. The van der Waals surface area contributed by atoms with E-state index in [1.54, 1.807) is 12.1 Å². The topological polar surface area (TPSA) is 58.4 Å². The molecule has 1 aromatic rings. The zero-order valence-corrected chi connectivity index (χ0v) is 12.8. The first-order chi connectivity index (χ1) is 9.53. The summed E-state index contributed by atoms with van der Waals surface area (Å²) in [6.07, 6.45) is 1.07. The van der Waals surface area contributed by atoms with Gasteiger partial charge in [0.25, 0.3) is 5.69 Å². The third-order valence-electron chi connectivity index (χ3n) is 3.63. The van der Waals surface area contributed by atoms with Crippen molar-refractivity contribution in [1.82, 2.24) is 4.90 Å². The zero-order valence-electron chi connectivity index (χ0n) is 12.8. The van der Waals surface area contributed by atoms with Crippen molar-refractivity contribution < 1.29 is 4.92 Å². The number of hydrogen-bond donors (Lipinski definition) is 1. The minimum Gasteiger partial charge on any atom is -0.380 e. The third kappa shape index (κ3) is 4.20. The molecule has 1 unspecified atom stereocenters. The Labute approximate surface area is 121 Å². The minimum absolute atomic E-state index is 0.157. The summed E-state index contributed by atoms with van der Waals surface area (Å²) < 4.78 is 0. The zero-order chi connectivity index (χ0) is 15.1. The molecule has 112 valence electrons. The second kappa shape index (κ2) is 7.85. The lowest BCUT2D eigenvalue weighted by atomic mass is 10.1. The molecule has 1 atom stereocenters. The Bertz CT molecular complexity index is 449. The van der Waals surface area contributed by atoms with Crippen molar-refractivity contribution in [1.29, 1.82) is 0 Å². The molecule has 0 aliphatic rings. The molecular formula is C15H25N3O2. The molecule has 5 nitrogen and oxygen atoms in total. The molecule has 0 amide bonds. The summed E-state index contributed by atoms with van der Waals surface area (Å²) in [5.41, 5.74) is 1.73. The largest absolute Gasteiger partial charge is 0.380 e. The van der Waals surface area contributed by atoms with Crippen molar-refractivity contribution in [3.8, 4) is 0 Å². The maximum atomic E-state index is 11.1. The molecular weight excluding hydrogens is 254 g/mol. The maximum absolute atomic E-state index is 11.1. The van der Waals surface area contributed by atoms with E-state index >= 15 is 0 Å². The van der Waals surface area contributed by atoms with Crippen molar-refractivity contribution in [3.63, 3.8) is 0 Å². The van der Waals surface area contributed by atoms with Gasteiger partial charge in [0.15, 0.2) is 0 Å². The number of benzene rings is 1. The van der Waals surface area contributed by atoms with E-state index in [1.807, 2.05) is 13.0 Å². The van der Waals surface area contributed by atoms with E-state index in [0.717, 1.165) is 25.1 Å². The number of hydrogen-bond acceptors (Lipinski definition) is 4. The number of anilines is 1. The van der Waals surface area contributed by atoms with Crippen molar-refractivity contribution in [2.24, 2.45) is 0 Å². The Morgan fingerprint density at radius 2 is 2.05 bits per heavy atom. The van der Waals surface area contributed by atoms with Crippen LogP contribution in [0.2, 0.25) is 0 Å². The Morgan fingerprint density at radius 3 is 2.55 bits per heavy atom. The highest BCUT2D eigenvalue weighted by Crippen LogP contribution is 2.26. The predicted molar refractivity (Wildman–Crippen MR) is 83.1 cm³/mol. The van der Waals surface area contributed by atoms with Gasteiger partial charge in [0, 0.05) is 25.2 Å². The van der Waals surface area contributed by atoms with Crippen molar-refractivity contribution in [3.05, 3.63) is 33.9 Å². The number of nitrogens with zero attached hydrogens (tertiary/aromatic N) is 2. The summed E-state index contributed by atoms with van der Waals surface area (Å²) in [6, 6.07) is 5.94. The van der Waals surface area contributed by atoms with Gasteiger partial charge >= 0.3 is 0 Å². The normalized spacial score (nSPS) is 12.4. The number of nitro benzene ring substituents is 1. The average molecular weight is 279 g/mol. The SMILES string of the molecule is CCNc1ccc(CN(CC)C(C)CC)cc1[N+](=O)[O-]. The summed E-state index contributed by atoms with van der Waals surface area (Å²) in [5, 5.41) is 14.2. The van der Waals surface area contributed by atoms with Gasteiger partial charge in [0.05, 0.1) is 4.92 Å². The molecule has 0 bridgehead atoms. The highest BCUT2D eigenvalue weighted by molar-refractivity contribution is 5.62. The molecule has 0 aliphatic heterocycles. The molecule has 1 N–H and O–H groups in total. The van der Waals surface area contributed by atoms with Gasteiger partial charge in [-0.15, -0.1) is 0 Å². The number of nitrogens with one attached hydrogen (secondary N) is 1. The number of nitro groups is 1. The van der Waals surface area contributed by atoms with Gasteiger partial charge in [0.1, 0.15) is 5.69 Å². The lowest BCUT2D eigenvalue weighted by Crippen LogP contribution is -2.31. The van der Waals surface area contributed by atoms with Crippen LogP contribution >= 0.6 is 0 Å². The van der Waals surface area contributed by atoms with Crippen LogP contribution in [0, 0.1) is 10.1 Å². The highest BCUT2D eigenvalue weighted by Gasteiger charge is 2.16. The van der Waals surface area contributed by atoms with E-state index in [2.05, 4.69) is 31.0 Å². The van der Waals surface area contributed by atoms with Gasteiger partial charge < -0.3 is 5.32 Å². The van der Waals surface area contributed by atoms with E-state index in [4.69, 9.17) is 0 Å². The first-order valence-electron chi connectivity index (χ1n) is 7.28. The molecule has 0 fully saturated rings. The van der Waals surface area contributed by atoms with Crippen LogP contribution in [0.4, 0.5) is 11.4 Å². The van der Waals surface area contributed by atoms with Crippen LogP contribution in [-0.2, 0) is 6.54 Å². The van der Waals surface area contributed by atoms with Crippen molar-refractivity contribution in [2.45, 2.75) is 46.7 Å². The van der Waals surface area contributed by atoms with Gasteiger partial charge in [-0.1, -0.05) is 19.9 Å². The second-order valence-corrected chi connectivity index (χ2v) is 4.96. The highest BCUT2D eigenvalue weighted by atomic mass is 16.6. The smallest absolute Gasteiger partial charge is 0.292 e. The van der Waals surface area contributed by atoms with Crippen LogP contribution in [-0.4, -0.2) is 29.0 Å². The fraction of sp³-hybridized carbons (Fsp3) is 0.600. The predicted octanol–water partition coefficient (Wildman–Crippen LogP) is 3.65. The lowest BCUT2D eigenvalue weighted by molar-refractivity contribution is -0.384. The minimum atomic E-state index is -0.318. The molecule has 0 saturated heterocycles. The molecule has 0 aliphatic carbocycles. The molecule has 0 saturated carbocycles. The Balaban J connectivity index is 2.96. The summed E-state index contributed by atoms with van der Waals surface area (Å²) >= 11 is 0. The fourth-order valence-electron chi connectivity index (χ4n) is 2.24. The van der Waals surface area contributed by atoms with Gasteiger partial charge in [-0.05, 0) is 38.4 Å². The molecule has 1 rings (SSSR count). The molecule has 0 radical (unpaired) electrons. The fourth-order valence-corrected chi connectivity index (χ4v) is 2.24. The third-order valence-corrected chi connectivity index (χ3v) is 3.63. The lowest BCUT2D eigenvalue weighted by Gasteiger charge is -2.27. The molecule has 0 heterocycles. The van der Waals surface area contributed by atoms with Crippen LogP contribution in [0.5, 0.6) is 0 Å². The van der Waals surface area contributed by atoms with Crippen LogP contribution < -0.4 is 5.32 Å². The molecule has 0 spiro atoms. The Kier molecular flexibility index (Phi) is 6.45. The van der Waals surface area contributed by atoms with Crippen LogP contribution in [0.1, 0.15) is 39.7 Å². The van der Waals surface area contributed by atoms with Gasteiger partial charge in [0.2, 0.25) is 0 Å². The van der Waals surface area contributed by atoms with E-state index < -0.39 is 0 Å². The van der Waals surface area contributed by atoms with Crippen LogP contribution in [0.3, 0.4) is 0 Å².